The van der Waals surface area contributed by atoms with Gasteiger partial charge in [0.05, 0.1) is 5.69 Å². The molecule has 2 aromatic heterocycles. The van der Waals surface area contributed by atoms with Crippen LogP contribution in [0.1, 0.15) is 69.9 Å². The molecule has 0 amide bonds. The van der Waals surface area contributed by atoms with Crippen molar-refractivity contribution in [2.75, 3.05) is 0 Å². The molecule has 0 aliphatic rings. The summed E-state index contributed by atoms with van der Waals surface area (Å²) in [6, 6.07) is 12.8. The minimum atomic E-state index is 0.744. The lowest BCUT2D eigenvalue weighted by molar-refractivity contribution is 0.607. The summed E-state index contributed by atoms with van der Waals surface area (Å²) in [4.78, 5) is 13.7. The van der Waals surface area contributed by atoms with Crippen molar-refractivity contribution in [1.82, 2.24) is 15.0 Å². The number of nitrogens with zero attached hydrogens (tertiary/aromatic N) is 3. The van der Waals surface area contributed by atoms with Crippen molar-refractivity contribution in [2.24, 2.45) is 0 Å². The Balaban J connectivity index is 1.55. The maximum absolute atomic E-state index is 4.63. The van der Waals surface area contributed by atoms with Gasteiger partial charge in [-0.2, -0.15) is 0 Å². The predicted octanol–water partition coefficient (Wildman–Crippen LogP) is 7.06. The highest BCUT2D eigenvalue weighted by atomic mass is 14.9. The van der Waals surface area contributed by atoms with Gasteiger partial charge in [0.25, 0.3) is 0 Å². The highest BCUT2D eigenvalue weighted by molar-refractivity contribution is 5.63. The van der Waals surface area contributed by atoms with Gasteiger partial charge in [-0.3, -0.25) is 4.98 Å². The van der Waals surface area contributed by atoms with Crippen LogP contribution in [0.4, 0.5) is 0 Å². The third-order valence-corrected chi connectivity index (χ3v) is 5.33. The number of aryl methyl sites for hydroxylation is 2. The molecule has 0 fully saturated rings. The minimum Gasteiger partial charge on any atom is -0.255 e. The molecule has 152 valence electrons. The number of pyridine rings is 1. The first kappa shape index (κ1) is 21.2. The fourth-order valence-electron chi connectivity index (χ4n) is 3.57. The molecular weight excluding hydrogens is 354 g/mol. The molecule has 0 unspecified atom stereocenters. The summed E-state index contributed by atoms with van der Waals surface area (Å²) in [5.74, 6) is 0.744. The van der Waals surface area contributed by atoms with Crippen molar-refractivity contribution in [2.45, 2.75) is 71.6 Å². The van der Waals surface area contributed by atoms with E-state index in [1.54, 1.807) is 0 Å². The molecule has 0 aliphatic carbocycles. The van der Waals surface area contributed by atoms with Crippen molar-refractivity contribution in [3.63, 3.8) is 0 Å². The first-order valence-corrected chi connectivity index (χ1v) is 11.2. The van der Waals surface area contributed by atoms with E-state index >= 15 is 0 Å². The van der Waals surface area contributed by atoms with Gasteiger partial charge in [0.2, 0.25) is 0 Å². The highest BCUT2D eigenvalue weighted by Crippen LogP contribution is 2.21. The van der Waals surface area contributed by atoms with Gasteiger partial charge in [0.15, 0.2) is 5.82 Å². The summed E-state index contributed by atoms with van der Waals surface area (Å²) in [6.45, 7) is 4.46. The van der Waals surface area contributed by atoms with Crippen LogP contribution in [-0.4, -0.2) is 15.0 Å². The van der Waals surface area contributed by atoms with Crippen molar-refractivity contribution in [1.29, 1.82) is 0 Å². The first-order valence-electron chi connectivity index (χ1n) is 11.2. The average Bonchev–Trinajstić information content (AvgIpc) is 2.78. The zero-order valence-electron chi connectivity index (χ0n) is 17.9. The fraction of sp³-hybridized carbons (Fsp3) is 0.423. The standard InChI is InChI=1S/C26H33N3/c1-3-5-6-7-8-9-11-22-18-28-26(29-19-22)24-16-17-25(27-20-24)23-14-12-21(10-4-2)13-15-23/h12-20H,3-11H2,1-2H3. The molecule has 3 rings (SSSR count). The molecule has 0 saturated carbocycles. The molecule has 29 heavy (non-hydrogen) atoms. The third-order valence-electron chi connectivity index (χ3n) is 5.33. The lowest BCUT2D eigenvalue weighted by Crippen LogP contribution is -1.94. The van der Waals surface area contributed by atoms with Crippen LogP contribution in [-0.2, 0) is 12.8 Å². The minimum absolute atomic E-state index is 0.744. The van der Waals surface area contributed by atoms with Gasteiger partial charge in [-0.15, -0.1) is 0 Å². The molecule has 0 atom stereocenters. The zero-order valence-corrected chi connectivity index (χ0v) is 17.9. The molecular formula is C26H33N3. The van der Waals surface area contributed by atoms with Gasteiger partial charge in [-0.25, -0.2) is 9.97 Å². The Morgan fingerprint density at radius 3 is 1.90 bits per heavy atom. The Morgan fingerprint density at radius 1 is 0.552 bits per heavy atom. The molecule has 0 spiro atoms. The van der Waals surface area contributed by atoms with E-state index in [0.717, 1.165) is 35.5 Å². The molecule has 2 heterocycles. The number of hydrogen-bond donors (Lipinski definition) is 0. The van der Waals surface area contributed by atoms with E-state index < -0.39 is 0 Å². The Bertz CT molecular complexity index is 837. The molecule has 0 aliphatic heterocycles. The van der Waals surface area contributed by atoms with Crippen LogP contribution in [0.3, 0.4) is 0 Å². The van der Waals surface area contributed by atoms with Crippen molar-refractivity contribution in [3.05, 3.63) is 66.1 Å². The Hall–Kier alpha value is -2.55. The van der Waals surface area contributed by atoms with Gasteiger partial charge in [0, 0.05) is 29.7 Å². The van der Waals surface area contributed by atoms with Crippen LogP contribution >= 0.6 is 0 Å². The van der Waals surface area contributed by atoms with E-state index in [4.69, 9.17) is 0 Å². The van der Waals surface area contributed by atoms with Gasteiger partial charge in [0.1, 0.15) is 0 Å². The highest BCUT2D eigenvalue weighted by Gasteiger charge is 2.05. The Morgan fingerprint density at radius 2 is 1.24 bits per heavy atom. The van der Waals surface area contributed by atoms with Crippen LogP contribution in [0.25, 0.3) is 22.6 Å². The van der Waals surface area contributed by atoms with Crippen LogP contribution in [0, 0.1) is 0 Å². The van der Waals surface area contributed by atoms with Gasteiger partial charge in [-0.1, -0.05) is 76.6 Å². The van der Waals surface area contributed by atoms with Crippen LogP contribution in [0.15, 0.2) is 55.0 Å². The second kappa shape index (κ2) is 11.5. The molecule has 0 radical (unpaired) electrons. The second-order valence-electron chi connectivity index (χ2n) is 7.81. The van der Waals surface area contributed by atoms with Crippen LogP contribution < -0.4 is 0 Å². The van der Waals surface area contributed by atoms with E-state index in [0.29, 0.717) is 0 Å². The number of aromatic nitrogens is 3. The lowest BCUT2D eigenvalue weighted by Gasteiger charge is -2.06. The van der Waals surface area contributed by atoms with Gasteiger partial charge in [-0.05, 0) is 42.5 Å². The van der Waals surface area contributed by atoms with Crippen molar-refractivity contribution in [3.8, 4) is 22.6 Å². The Labute approximate surface area is 175 Å². The molecule has 0 N–H and O–H groups in total. The summed E-state index contributed by atoms with van der Waals surface area (Å²) in [5, 5.41) is 0. The summed E-state index contributed by atoms with van der Waals surface area (Å²) in [6.07, 6.45) is 17.0. The van der Waals surface area contributed by atoms with E-state index in [9.17, 15) is 0 Å². The summed E-state index contributed by atoms with van der Waals surface area (Å²) in [5.41, 5.74) is 5.69. The molecule has 0 saturated heterocycles. The third kappa shape index (κ3) is 6.49. The van der Waals surface area contributed by atoms with Crippen molar-refractivity contribution < 1.29 is 0 Å². The SMILES string of the molecule is CCCCCCCCc1cnc(-c2ccc(-c3ccc(CCC)cc3)nc2)nc1. The quantitative estimate of drug-likeness (QED) is 0.330. The normalized spacial score (nSPS) is 11.0. The maximum Gasteiger partial charge on any atom is 0.160 e. The molecule has 3 aromatic rings. The summed E-state index contributed by atoms with van der Waals surface area (Å²) < 4.78 is 0. The molecule has 3 nitrogen and oxygen atoms in total. The largest absolute Gasteiger partial charge is 0.255 e. The lowest BCUT2D eigenvalue weighted by atomic mass is 10.1. The van der Waals surface area contributed by atoms with E-state index in [2.05, 4.69) is 65.2 Å². The summed E-state index contributed by atoms with van der Waals surface area (Å²) >= 11 is 0. The number of unbranched alkanes of at least 4 members (excludes halogenated alkanes) is 5. The maximum atomic E-state index is 4.63. The van der Waals surface area contributed by atoms with Gasteiger partial charge >= 0.3 is 0 Å². The van der Waals surface area contributed by atoms with E-state index in [1.807, 2.05) is 18.6 Å². The second-order valence-corrected chi connectivity index (χ2v) is 7.81. The number of hydrogen-bond acceptors (Lipinski definition) is 3. The molecule has 3 heteroatoms. The topological polar surface area (TPSA) is 38.7 Å². The first-order chi connectivity index (χ1) is 14.3. The predicted molar refractivity (Wildman–Crippen MR) is 122 cm³/mol. The molecule has 0 bridgehead atoms. The summed E-state index contributed by atoms with van der Waals surface area (Å²) in [7, 11) is 0. The van der Waals surface area contributed by atoms with Crippen LogP contribution in [0.5, 0.6) is 0 Å². The van der Waals surface area contributed by atoms with Crippen LogP contribution in [0.2, 0.25) is 0 Å². The van der Waals surface area contributed by atoms with Gasteiger partial charge < -0.3 is 0 Å². The average molecular weight is 388 g/mol. The zero-order chi connectivity index (χ0) is 20.3. The monoisotopic (exact) mass is 387 g/mol. The molecule has 1 aromatic carbocycles. The Kier molecular flexibility index (Phi) is 8.36. The van der Waals surface area contributed by atoms with E-state index in [1.165, 1.54) is 56.1 Å². The van der Waals surface area contributed by atoms with E-state index in [-0.39, 0.29) is 0 Å². The fourth-order valence-corrected chi connectivity index (χ4v) is 3.57. The number of benzene rings is 1. The van der Waals surface area contributed by atoms with Crippen molar-refractivity contribution >= 4 is 0 Å². The smallest absolute Gasteiger partial charge is 0.160 e. The number of rotatable bonds is 11.